The van der Waals surface area contributed by atoms with Gasteiger partial charge in [-0.25, -0.2) is 0 Å². The highest BCUT2D eigenvalue weighted by Crippen LogP contribution is 2.43. The summed E-state index contributed by atoms with van der Waals surface area (Å²) in [7, 11) is 0. The first-order chi connectivity index (χ1) is 11.7. The minimum absolute atomic E-state index is 0.0557. The number of carbonyl (C=O) groups is 2. The maximum atomic E-state index is 13.1. The zero-order valence-electron chi connectivity index (χ0n) is 15.0. The first kappa shape index (κ1) is 16.4. The second kappa shape index (κ2) is 6.68. The summed E-state index contributed by atoms with van der Waals surface area (Å²) in [5, 5.41) is 0. The van der Waals surface area contributed by atoms with Gasteiger partial charge in [-0.05, 0) is 56.8 Å². The third-order valence-electron chi connectivity index (χ3n) is 6.90. The van der Waals surface area contributed by atoms with Crippen LogP contribution in [0.15, 0.2) is 0 Å². The zero-order chi connectivity index (χ0) is 16.6. The van der Waals surface area contributed by atoms with Crippen molar-refractivity contribution in [2.45, 2.75) is 70.6 Å². The molecule has 2 aliphatic heterocycles. The molecule has 4 nitrogen and oxygen atoms in total. The van der Waals surface area contributed by atoms with Crippen LogP contribution in [-0.4, -0.2) is 47.8 Å². The number of likely N-dealkylation sites (tertiary alicyclic amines) is 2. The van der Waals surface area contributed by atoms with Crippen LogP contribution in [0.5, 0.6) is 0 Å². The molecule has 4 aliphatic rings. The molecule has 0 unspecified atom stereocenters. The van der Waals surface area contributed by atoms with Crippen molar-refractivity contribution >= 4 is 11.8 Å². The molecule has 2 amide bonds. The van der Waals surface area contributed by atoms with Gasteiger partial charge in [0.25, 0.3) is 0 Å². The van der Waals surface area contributed by atoms with Crippen molar-refractivity contribution in [1.29, 1.82) is 0 Å². The maximum absolute atomic E-state index is 13.1. The van der Waals surface area contributed by atoms with E-state index in [1.807, 2.05) is 4.90 Å². The van der Waals surface area contributed by atoms with E-state index in [0.29, 0.717) is 23.8 Å². The van der Waals surface area contributed by atoms with E-state index >= 15 is 0 Å². The molecule has 0 radical (unpaired) electrons. The Morgan fingerprint density at radius 1 is 0.708 bits per heavy atom. The largest absolute Gasteiger partial charge is 0.342 e. The molecular weight excluding hydrogens is 300 g/mol. The normalized spacial score (nSPS) is 30.4. The lowest BCUT2D eigenvalue weighted by Crippen LogP contribution is -2.52. The Hall–Kier alpha value is -1.06. The lowest BCUT2D eigenvalue weighted by atomic mass is 9.69. The van der Waals surface area contributed by atoms with Crippen molar-refractivity contribution in [3.05, 3.63) is 0 Å². The highest BCUT2D eigenvalue weighted by atomic mass is 16.2. The van der Waals surface area contributed by atoms with E-state index in [9.17, 15) is 9.59 Å². The van der Waals surface area contributed by atoms with E-state index in [1.165, 1.54) is 44.9 Å². The summed E-state index contributed by atoms with van der Waals surface area (Å²) >= 11 is 0. The van der Waals surface area contributed by atoms with Crippen LogP contribution in [-0.2, 0) is 9.59 Å². The van der Waals surface area contributed by atoms with Crippen molar-refractivity contribution in [1.82, 2.24) is 9.80 Å². The van der Waals surface area contributed by atoms with Gasteiger partial charge in [-0.2, -0.15) is 0 Å². The van der Waals surface area contributed by atoms with Gasteiger partial charge in [0.05, 0.1) is 5.92 Å². The smallest absolute Gasteiger partial charge is 0.227 e. The Morgan fingerprint density at radius 3 is 2.12 bits per heavy atom. The van der Waals surface area contributed by atoms with Crippen molar-refractivity contribution in [3.8, 4) is 0 Å². The van der Waals surface area contributed by atoms with Crippen molar-refractivity contribution in [3.63, 3.8) is 0 Å². The Balaban J connectivity index is 1.38. The third-order valence-corrected chi connectivity index (χ3v) is 6.90. The molecule has 0 bridgehead atoms. The van der Waals surface area contributed by atoms with Gasteiger partial charge in [0.1, 0.15) is 0 Å². The molecule has 2 heterocycles. The summed E-state index contributed by atoms with van der Waals surface area (Å²) in [6, 6.07) is 0. The first-order valence-corrected chi connectivity index (χ1v) is 10.2. The number of hydrogen-bond acceptors (Lipinski definition) is 2. The molecule has 2 saturated carbocycles. The lowest BCUT2D eigenvalue weighted by Gasteiger charge is -2.46. The molecule has 4 fully saturated rings. The van der Waals surface area contributed by atoms with Crippen LogP contribution in [0.1, 0.15) is 70.6 Å². The molecule has 24 heavy (non-hydrogen) atoms. The van der Waals surface area contributed by atoms with Crippen molar-refractivity contribution in [2.75, 3.05) is 26.2 Å². The van der Waals surface area contributed by atoms with E-state index in [4.69, 9.17) is 0 Å². The molecule has 0 aromatic carbocycles. The second-order valence-electron chi connectivity index (χ2n) is 8.82. The molecule has 2 saturated heterocycles. The molecule has 1 atom stereocenters. The number of piperidine rings is 2. The predicted octanol–water partition coefficient (Wildman–Crippen LogP) is 3.21. The summed E-state index contributed by atoms with van der Waals surface area (Å²) in [4.78, 5) is 29.6. The van der Waals surface area contributed by atoms with Gasteiger partial charge in [-0.15, -0.1) is 0 Å². The summed E-state index contributed by atoms with van der Waals surface area (Å²) in [6.07, 6.45) is 13.2. The topological polar surface area (TPSA) is 40.6 Å². The van der Waals surface area contributed by atoms with E-state index in [0.717, 1.165) is 45.3 Å². The highest BCUT2D eigenvalue weighted by molar-refractivity contribution is 5.83. The molecule has 0 N–H and O–H groups in total. The van der Waals surface area contributed by atoms with Crippen LogP contribution < -0.4 is 0 Å². The number of hydrogen-bond donors (Lipinski definition) is 0. The first-order valence-electron chi connectivity index (χ1n) is 10.2. The minimum atomic E-state index is 0.0557. The summed E-state index contributed by atoms with van der Waals surface area (Å²) in [5.41, 5.74) is 0.421. The monoisotopic (exact) mass is 332 g/mol. The molecule has 134 valence electrons. The molecule has 4 heteroatoms. The van der Waals surface area contributed by atoms with Gasteiger partial charge in [-0.1, -0.05) is 19.3 Å². The van der Waals surface area contributed by atoms with Gasteiger partial charge in [0.2, 0.25) is 11.8 Å². The molecule has 1 spiro atoms. The third kappa shape index (κ3) is 3.34. The summed E-state index contributed by atoms with van der Waals surface area (Å²) in [5.74, 6) is 0.988. The van der Waals surface area contributed by atoms with E-state index in [2.05, 4.69) is 4.90 Å². The standard InChI is InChI=1S/C20H32N2O2/c23-18(16-7-8-16)21-12-4-6-17(14-21)19(24)22-13-5-11-20(15-22)9-2-1-3-10-20/h16-17H,1-15H2/t17-/m1/s1. The van der Waals surface area contributed by atoms with Crippen LogP contribution in [0.3, 0.4) is 0 Å². The zero-order valence-corrected chi connectivity index (χ0v) is 15.0. The maximum Gasteiger partial charge on any atom is 0.227 e. The molecule has 4 rings (SSSR count). The average Bonchev–Trinajstić information content (AvgIpc) is 3.46. The van der Waals surface area contributed by atoms with Crippen molar-refractivity contribution < 1.29 is 9.59 Å². The van der Waals surface area contributed by atoms with Crippen LogP contribution in [0, 0.1) is 17.3 Å². The number of nitrogens with zero attached hydrogens (tertiary/aromatic N) is 2. The predicted molar refractivity (Wildman–Crippen MR) is 93.4 cm³/mol. The fraction of sp³-hybridized carbons (Fsp3) is 0.900. The van der Waals surface area contributed by atoms with Gasteiger partial charge in [-0.3, -0.25) is 9.59 Å². The van der Waals surface area contributed by atoms with E-state index < -0.39 is 0 Å². The quantitative estimate of drug-likeness (QED) is 0.779. The highest BCUT2D eigenvalue weighted by Gasteiger charge is 2.41. The van der Waals surface area contributed by atoms with Gasteiger partial charge in [0.15, 0.2) is 0 Å². The van der Waals surface area contributed by atoms with E-state index in [1.54, 1.807) is 0 Å². The van der Waals surface area contributed by atoms with Crippen LogP contribution in [0.25, 0.3) is 0 Å². The van der Waals surface area contributed by atoms with Crippen LogP contribution >= 0.6 is 0 Å². The second-order valence-corrected chi connectivity index (χ2v) is 8.82. The molecular formula is C20H32N2O2. The number of amides is 2. The minimum Gasteiger partial charge on any atom is -0.342 e. The Morgan fingerprint density at radius 2 is 1.38 bits per heavy atom. The Kier molecular flexibility index (Phi) is 4.57. The van der Waals surface area contributed by atoms with E-state index in [-0.39, 0.29) is 11.8 Å². The Bertz CT molecular complexity index is 488. The number of carbonyl (C=O) groups excluding carboxylic acids is 2. The van der Waals surface area contributed by atoms with Gasteiger partial charge in [0, 0.05) is 32.1 Å². The fourth-order valence-electron chi connectivity index (χ4n) is 5.33. The van der Waals surface area contributed by atoms with Gasteiger partial charge >= 0.3 is 0 Å². The van der Waals surface area contributed by atoms with Crippen molar-refractivity contribution in [2.24, 2.45) is 17.3 Å². The molecule has 0 aromatic heterocycles. The fourth-order valence-corrected chi connectivity index (χ4v) is 5.33. The molecule has 0 aromatic rings. The lowest BCUT2D eigenvalue weighted by molar-refractivity contribution is -0.144. The summed E-state index contributed by atoms with van der Waals surface area (Å²) in [6.45, 7) is 3.47. The van der Waals surface area contributed by atoms with Crippen LogP contribution in [0.2, 0.25) is 0 Å². The SMILES string of the molecule is O=C(C1CC1)N1CCC[C@@H](C(=O)N2CCCC3(CCCCC3)C2)C1. The van der Waals surface area contributed by atoms with Crippen LogP contribution in [0.4, 0.5) is 0 Å². The number of rotatable bonds is 2. The summed E-state index contributed by atoms with van der Waals surface area (Å²) < 4.78 is 0. The van der Waals surface area contributed by atoms with Gasteiger partial charge < -0.3 is 9.80 Å². The molecule has 2 aliphatic carbocycles. The Labute approximate surface area is 145 Å². The average molecular weight is 332 g/mol.